The van der Waals surface area contributed by atoms with Crippen molar-refractivity contribution in [2.45, 2.75) is 38.3 Å². The third kappa shape index (κ3) is 6.19. The van der Waals surface area contributed by atoms with Crippen molar-refractivity contribution in [2.75, 3.05) is 26.1 Å². The number of hydrazine groups is 1. The monoisotopic (exact) mass is 427 g/mol. The predicted molar refractivity (Wildman–Crippen MR) is 117 cm³/mol. The number of carbonyl (C=O) groups excluding carboxylic acids is 2. The summed E-state index contributed by atoms with van der Waals surface area (Å²) in [5.41, 5.74) is 5.05. The van der Waals surface area contributed by atoms with Gasteiger partial charge in [-0.2, -0.15) is 0 Å². The van der Waals surface area contributed by atoms with E-state index in [1.54, 1.807) is 38.4 Å². The summed E-state index contributed by atoms with van der Waals surface area (Å²) in [5.74, 6) is 0.710. The van der Waals surface area contributed by atoms with Crippen LogP contribution in [-0.4, -0.2) is 48.8 Å². The maximum absolute atomic E-state index is 12.6. The lowest BCUT2D eigenvalue weighted by Crippen LogP contribution is -2.39. The molecular formula is C23H29N3O5. The first kappa shape index (κ1) is 22.6. The average molecular weight is 428 g/mol. The van der Waals surface area contributed by atoms with Crippen LogP contribution < -0.4 is 20.2 Å². The molecule has 2 amide bonds. The Morgan fingerprint density at radius 1 is 1.10 bits per heavy atom. The molecule has 8 heteroatoms. The number of benzene rings is 2. The van der Waals surface area contributed by atoms with Gasteiger partial charge in [0.1, 0.15) is 6.61 Å². The van der Waals surface area contributed by atoms with E-state index >= 15 is 0 Å². The van der Waals surface area contributed by atoms with Gasteiger partial charge in [-0.25, -0.2) is 5.43 Å². The van der Waals surface area contributed by atoms with E-state index in [2.05, 4.69) is 10.7 Å². The van der Waals surface area contributed by atoms with Crippen LogP contribution in [0.2, 0.25) is 0 Å². The first-order valence-electron chi connectivity index (χ1n) is 10.4. The second kappa shape index (κ2) is 10.8. The summed E-state index contributed by atoms with van der Waals surface area (Å²) in [6.07, 6.45) is 4.73. The molecular weight excluding hydrogens is 398 g/mol. The van der Waals surface area contributed by atoms with E-state index in [0.717, 1.165) is 24.2 Å². The largest absolute Gasteiger partial charge is 0.493 e. The molecule has 0 spiro atoms. The molecule has 8 nitrogen and oxygen atoms in total. The number of anilines is 1. The molecule has 0 atom stereocenters. The Balaban J connectivity index is 1.58. The van der Waals surface area contributed by atoms with Gasteiger partial charge in [0.05, 0.1) is 13.2 Å². The summed E-state index contributed by atoms with van der Waals surface area (Å²) in [7, 11) is 3.28. The fourth-order valence-corrected chi connectivity index (χ4v) is 3.48. The van der Waals surface area contributed by atoms with Gasteiger partial charge in [0.2, 0.25) is 5.91 Å². The Hall–Kier alpha value is -3.10. The molecule has 31 heavy (non-hydrogen) atoms. The molecule has 1 fully saturated rings. The smallest absolute Gasteiger partial charge is 0.267 e. The Labute approximate surface area is 182 Å². The van der Waals surface area contributed by atoms with Gasteiger partial charge in [-0.15, -0.1) is 0 Å². The van der Waals surface area contributed by atoms with Crippen molar-refractivity contribution >= 4 is 17.5 Å². The number of methoxy groups -OCH3 is 1. The molecule has 0 aromatic heterocycles. The molecule has 166 valence electrons. The lowest BCUT2D eigenvalue weighted by molar-refractivity contribution is -0.118. The van der Waals surface area contributed by atoms with Gasteiger partial charge in [-0.3, -0.25) is 14.6 Å². The lowest BCUT2D eigenvalue weighted by atomic mass is 10.2. The second-order valence-corrected chi connectivity index (χ2v) is 7.49. The van der Waals surface area contributed by atoms with E-state index in [1.165, 1.54) is 17.9 Å². The van der Waals surface area contributed by atoms with Crippen LogP contribution in [0.4, 0.5) is 5.69 Å². The van der Waals surface area contributed by atoms with Gasteiger partial charge in [-0.1, -0.05) is 6.07 Å². The van der Waals surface area contributed by atoms with E-state index < -0.39 is 12.5 Å². The number of aliphatic hydroxyl groups is 1. The average Bonchev–Trinajstić information content (AvgIpc) is 3.30. The minimum atomic E-state index is -0.591. The predicted octanol–water partition coefficient (Wildman–Crippen LogP) is 2.72. The summed E-state index contributed by atoms with van der Waals surface area (Å²) in [6.45, 7) is -0.149. The van der Waals surface area contributed by atoms with Gasteiger partial charge >= 0.3 is 0 Å². The van der Waals surface area contributed by atoms with Crippen molar-refractivity contribution in [3.05, 3.63) is 53.6 Å². The van der Waals surface area contributed by atoms with Crippen molar-refractivity contribution < 1.29 is 24.2 Å². The van der Waals surface area contributed by atoms with Crippen molar-refractivity contribution in [3.63, 3.8) is 0 Å². The third-order valence-corrected chi connectivity index (χ3v) is 5.21. The first-order valence-corrected chi connectivity index (χ1v) is 10.4. The molecule has 0 heterocycles. The summed E-state index contributed by atoms with van der Waals surface area (Å²) in [4.78, 5) is 23.9. The highest BCUT2D eigenvalue weighted by Crippen LogP contribution is 2.32. The first-order chi connectivity index (χ1) is 15.0. The fraction of sp³-hybridized carbons (Fsp3) is 0.391. The van der Waals surface area contributed by atoms with Crippen LogP contribution in [0.5, 0.6) is 11.5 Å². The highest BCUT2D eigenvalue weighted by atomic mass is 16.5. The molecule has 0 bridgehead atoms. The van der Waals surface area contributed by atoms with Crippen molar-refractivity contribution in [3.8, 4) is 11.5 Å². The number of amides is 2. The zero-order chi connectivity index (χ0) is 22.2. The number of rotatable bonds is 9. The molecule has 2 aromatic rings. The van der Waals surface area contributed by atoms with Crippen LogP contribution in [0.25, 0.3) is 0 Å². The van der Waals surface area contributed by atoms with E-state index in [1.807, 2.05) is 18.2 Å². The zero-order valence-electron chi connectivity index (χ0n) is 17.9. The molecule has 3 rings (SSSR count). The molecule has 3 N–H and O–H groups in total. The molecule has 1 aliphatic carbocycles. The SMILES string of the molecule is COc1ccc(CNN(C)C(=O)c2ccc(NC(=O)CO)cc2)cc1OC1CCCC1. The number of ether oxygens (including phenoxy) is 2. The number of hydrogen-bond acceptors (Lipinski definition) is 6. The lowest BCUT2D eigenvalue weighted by Gasteiger charge is -2.20. The quantitative estimate of drug-likeness (QED) is 0.532. The Morgan fingerprint density at radius 3 is 2.45 bits per heavy atom. The van der Waals surface area contributed by atoms with E-state index in [4.69, 9.17) is 14.6 Å². The van der Waals surface area contributed by atoms with Crippen molar-refractivity contribution in [2.24, 2.45) is 0 Å². The van der Waals surface area contributed by atoms with E-state index in [-0.39, 0.29) is 12.0 Å². The van der Waals surface area contributed by atoms with Crippen molar-refractivity contribution in [1.82, 2.24) is 10.4 Å². The minimum absolute atomic E-state index is 0.212. The Bertz CT molecular complexity index is 895. The van der Waals surface area contributed by atoms with Crippen LogP contribution >= 0.6 is 0 Å². The number of nitrogens with zero attached hydrogens (tertiary/aromatic N) is 1. The normalized spacial score (nSPS) is 13.6. The van der Waals surface area contributed by atoms with Gasteiger partial charge < -0.3 is 19.9 Å². The zero-order valence-corrected chi connectivity index (χ0v) is 17.9. The number of nitrogens with one attached hydrogen (secondary N) is 2. The van der Waals surface area contributed by atoms with Crippen LogP contribution in [0, 0.1) is 0 Å². The molecule has 0 saturated heterocycles. The van der Waals surface area contributed by atoms with Crippen LogP contribution in [-0.2, 0) is 11.3 Å². The van der Waals surface area contributed by atoms with Gasteiger partial charge in [-0.05, 0) is 67.6 Å². The van der Waals surface area contributed by atoms with E-state index in [0.29, 0.717) is 23.5 Å². The molecule has 0 aliphatic heterocycles. The number of hydrogen-bond donors (Lipinski definition) is 3. The summed E-state index contributed by atoms with van der Waals surface area (Å²) in [6, 6.07) is 12.2. The number of aliphatic hydroxyl groups excluding tert-OH is 1. The highest BCUT2D eigenvalue weighted by molar-refractivity contribution is 5.95. The maximum atomic E-state index is 12.6. The molecule has 1 aliphatic rings. The Kier molecular flexibility index (Phi) is 7.86. The minimum Gasteiger partial charge on any atom is -0.493 e. The maximum Gasteiger partial charge on any atom is 0.267 e. The number of carbonyl (C=O) groups is 2. The summed E-state index contributed by atoms with van der Waals surface area (Å²) < 4.78 is 11.6. The molecule has 2 aromatic carbocycles. The second-order valence-electron chi connectivity index (χ2n) is 7.49. The summed E-state index contributed by atoms with van der Waals surface area (Å²) in [5, 5.41) is 12.7. The molecule has 0 radical (unpaired) electrons. The van der Waals surface area contributed by atoms with Crippen LogP contribution in [0.1, 0.15) is 41.6 Å². The molecule has 1 saturated carbocycles. The standard InChI is InChI=1S/C23H29N3O5/c1-26(23(29)17-8-10-18(11-9-17)25-22(28)15-27)24-14-16-7-12-20(30-2)21(13-16)31-19-5-3-4-6-19/h7-13,19,24,27H,3-6,14-15H2,1-2H3,(H,25,28). The van der Waals surface area contributed by atoms with Crippen molar-refractivity contribution in [1.29, 1.82) is 0 Å². The Morgan fingerprint density at radius 2 is 1.81 bits per heavy atom. The van der Waals surface area contributed by atoms with E-state index in [9.17, 15) is 9.59 Å². The fourth-order valence-electron chi connectivity index (χ4n) is 3.48. The van der Waals surface area contributed by atoms with Gasteiger partial charge in [0, 0.05) is 24.8 Å². The van der Waals surface area contributed by atoms with Crippen LogP contribution in [0.3, 0.4) is 0 Å². The topological polar surface area (TPSA) is 100 Å². The van der Waals surface area contributed by atoms with Crippen LogP contribution in [0.15, 0.2) is 42.5 Å². The molecule has 0 unspecified atom stereocenters. The van der Waals surface area contributed by atoms with Gasteiger partial charge in [0.25, 0.3) is 5.91 Å². The highest BCUT2D eigenvalue weighted by Gasteiger charge is 2.19. The summed E-state index contributed by atoms with van der Waals surface area (Å²) >= 11 is 0. The van der Waals surface area contributed by atoms with Gasteiger partial charge in [0.15, 0.2) is 11.5 Å². The third-order valence-electron chi connectivity index (χ3n) is 5.21.